The fourth-order valence-corrected chi connectivity index (χ4v) is 1.62. The average Bonchev–Trinajstić information content (AvgIpc) is 2.44. The van der Waals surface area contributed by atoms with Crippen molar-refractivity contribution in [2.75, 3.05) is 6.61 Å². The van der Waals surface area contributed by atoms with Crippen molar-refractivity contribution in [1.82, 2.24) is 0 Å². The molecule has 0 amide bonds. The number of rotatable bonds is 5. The molecule has 2 unspecified atom stereocenters. The maximum Gasteiger partial charge on any atom is 0.416 e. The van der Waals surface area contributed by atoms with Crippen LogP contribution in [-0.2, 0) is 15.7 Å². The first-order valence-corrected chi connectivity index (χ1v) is 5.90. The predicted molar refractivity (Wildman–Crippen MR) is 64.4 cm³/mol. The molecule has 0 bridgehead atoms. The molecule has 0 aliphatic rings. The zero-order valence-electron chi connectivity index (χ0n) is 10.9. The van der Waals surface area contributed by atoms with Crippen LogP contribution in [0.2, 0.25) is 0 Å². The fourth-order valence-electron chi connectivity index (χ4n) is 1.62. The Morgan fingerprint density at radius 3 is 2.43 bits per heavy atom. The summed E-state index contributed by atoms with van der Waals surface area (Å²) >= 11 is 0. The minimum absolute atomic E-state index is 0.0647. The van der Waals surface area contributed by atoms with Gasteiger partial charge in [-0.3, -0.25) is 4.79 Å². The Morgan fingerprint density at radius 2 is 1.95 bits per heavy atom. The van der Waals surface area contributed by atoms with Crippen molar-refractivity contribution >= 4 is 12.3 Å². The van der Waals surface area contributed by atoms with Crippen LogP contribution in [0.15, 0.2) is 18.2 Å². The second kappa shape index (κ2) is 6.68. The third-order valence-electron chi connectivity index (χ3n) is 2.61. The van der Waals surface area contributed by atoms with Gasteiger partial charge in [-0.1, -0.05) is 0 Å². The SMILES string of the molecule is CCOC(=O)C(O)C(O)c1cc(C=O)cc(C(F)(F)F)c1. The molecule has 1 aromatic rings. The van der Waals surface area contributed by atoms with Gasteiger partial charge in [0.1, 0.15) is 12.4 Å². The van der Waals surface area contributed by atoms with Gasteiger partial charge >= 0.3 is 12.1 Å². The molecule has 21 heavy (non-hydrogen) atoms. The first kappa shape index (κ1) is 17.1. The third kappa shape index (κ3) is 4.27. The van der Waals surface area contributed by atoms with Crippen molar-refractivity contribution in [2.45, 2.75) is 25.3 Å². The Kier molecular flexibility index (Phi) is 5.45. The highest BCUT2D eigenvalue weighted by atomic mass is 19.4. The van der Waals surface area contributed by atoms with Gasteiger partial charge in [0, 0.05) is 5.56 Å². The molecule has 1 aromatic carbocycles. The number of aldehydes is 1. The van der Waals surface area contributed by atoms with Gasteiger partial charge in [-0.2, -0.15) is 13.2 Å². The lowest BCUT2D eigenvalue weighted by Gasteiger charge is -2.18. The number of carbonyl (C=O) groups is 2. The molecule has 0 fully saturated rings. The monoisotopic (exact) mass is 306 g/mol. The van der Waals surface area contributed by atoms with Crippen molar-refractivity contribution in [1.29, 1.82) is 0 Å². The molecule has 0 aliphatic carbocycles. The molecule has 2 atom stereocenters. The summed E-state index contributed by atoms with van der Waals surface area (Å²) in [4.78, 5) is 21.9. The van der Waals surface area contributed by atoms with E-state index in [9.17, 15) is 33.0 Å². The van der Waals surface area contributed by atoms with E-state index in [1.165, 1.54) is 6.92 Å². The van der Waals surface area contributed by atoms with E-state index in [2.05, 4.69) is 4.74 Å². The van der Waals surface area contributed by atoms with Gasteiger partial charge in [-0.25, -0.2) is 4.79 Å². The zero-order valence-corrected chi connectivity index (χ0v) is 10.9. The highest BCUT2D eigenvalue weighted by Gasteiger charge is 2.33. The standard InChI is InChI=1S/C13H13F3O5/c1-2-21-12(20)11(19)10(18)8-3-7(6-17)4-9(5-8)13(14,15)16/h3-6,10-11,18-19H,2H2,1H3. The molecule has 2 N–H and O–H groups in total. The van der Waals surface area contributed by atoms with Gasteiger partial charge in [0.05, 0.1) is 12.2 Å². The van der Waals surface area contributed by atoms with Gasteiger partial charge < -0.3 is 14.9 Å². The summed E-state index contributed by atoms with van der Waals surface area (Å²) in [6, 6.07) is 2.11. The average molecular weight is 306 g/mol. The molecule has 1 rings (SSSR count). The van der Waals surface area contributed by atoms with Gasteiger partial charge in [0.25, 0.3) is 0 Å². The molecule has 5 nitrogen and oxygen atoms in total. The van der Waals surface area contributed by atoms with E-state index in [0.29, 0.717) is 12.1 Å². The van der Waals surface area contributed by atoms with Gasteiger partial charge in [0.15, 0.2) is 6.10 Å². The van der Waals surface area contributed by atoms with Crippen LogP contribution in [-0.4, -0.2) is 35.2 Å². The second-order valence-electron chi connectivity index (χ2n) is 4.15. The number of hydrogen-bond donors (Lipinski definition) is 2. The lowest BCUT2D eigenvalue weighted by molar-refractivity contribution is -0.159. The van der Waals surface area contributed by atoms with Crippen LogP contribution in [0.25, 0.3) is 0 Å². The van der Waals surface area contributed by atoms with Crippen LogP contribution in [0.3, 0.4) is 0 Å². The zero-order chi connectivity index (χ0) is 16.2. The Bertz CT molecular complexity index is 527. The van der Waals surface area contributed by atoms with Crippen LogP contribution in [0.5, 0.6) is 0 Å². The molecular weight excluding hydrogens is 293 g/mol. The van der Waals surface area contributed by atoms with Crippen molar-refractivity contribution in [3.05, 3.63) is 34.9 Å². The maximum absolute atomic E-state index is 12.7. The van der Waals surface area contributed by atoms with Crippen LogP contribution in [0.1, 0.15) is 34.5 Å². The fraction of sp³-hybridized carbons (Fsp3) is 0.385. The van der Waals surface area contributed by atoms with Crippen LogP contribution in [0, 0.1) is 0 Å². The van der Waals surface area contributed by atoms with Crippen LogP contribution < -0.4 is 0 Å². The molecular formula is C13H13F3O5. The summed E-state index contributed by atoms with van der Waals surface area (Å²) in [5.41, 5.74) is -1.92. The molecule has 0 saturated heterocycles. The second-order valence-corrected chi connectivity index (χ2v) is 4.15. The molecule has 0 saturated carbocycles. The maximum atomic E-state index is 12.7. The summed E-state index contributed by atoms with van der Waals surface area (Å²) in [5.74, 6) is -1.17. The normalized spacial score (nSPS) is 14.4. The van der Waals surface area contributed by atoms with Gasteiger partial charge in [-0.15, -0.1) is 0 Å². The lowest BCUT2D eigenvalue weighted by Crippen LogP contribution is -2.30. The summed E-state index contributed by atoms with van der Waals surface area (Å²) in [6.45, 7) is 1.40. The number of esters is 1. The van der Waals surface area contributed by atoms with Crippen molar-refractivity contribution in [3.8, 4) is 0 Å². The molecule has 0 spiro atoms. The Morgan fingerprint density at radius 1 is 1.33 bits per heavy atom. The summed E-state index contributed by atoms with van der Waals surface area (Å²) in [5, 5.41) is 19.3. The Hall–Kier alpha value is -1.93. The highest BCUT2D eigenvalue weighted by Crippen LogP contribution is 2.32. The van der Waals surface area contributed by atoms with E-state index >= 15 is 0 Å². The molecule has 0 radical (unpaired) electrons. The first-order valence-electron chi connectivity index (χ1n) is 5.90. The summed E-state index contributed by atoms with van der Waals surface area (Å²) in [6.07, 6.45) is -8.55. The Labute approximate surface area is 118 Å². The molecule has 0 heterocycles. The number of benzene rings is 1. The van der Waals surface area contributed by atoms with Crippen LogP contribution >= 0.6 is 0 Å². The topological polar surface area (TPSA) is 83.8 Å². The predicted octanol–water partition coefficient (Wildman–Crippen LogP) is 1.48. The van der Waals surface area contributed by atoms with E-state index in [4.69, 9.17) is 0 Å². The number of carbonyl (C=O) groups excluding carboxylic acids is 2. The number of aliphatic hydroxyl groups is 2. The van der Waals surface area contributed by atoms with Gasteiger partial charge in [0.2, 0.25) is 0 Å². The number of ether oxygens (including phenoxy) is 1. The first-order chi connectivity index (χ1) is 9.70. The molecule has 116 valence electrons. The van der Waals surface area contributed by atoms with Gasteiger partial charge in [-0.05, 0) is 30.7 Å². The van der Waals surface area contributed by atoms with E-state index in [1.54, 1.807) is 0 Å². The van der Waals surface area contributed by atoms with Crippen molar-refractivity contribution < 1.29 is 37.7 Å². The van der Waals surface area contributed by atoms with E-state index in [-0.39, 0.29) is 18.5 Å². The lowest BCUT2D eigenvalue weighted by atomic mass is 9.99. The van der Waals surface area contributed by atoms with Crippen molar-refractivity contribution in [2.24, 2.45) is 0 Å². The van der Waals surface area contributed by atoms with E-state index < -0.39 is 35.5 Å². The minimum atomic E-state index is -4.73. The number of aliphatic hydroxyl groups excluding tert-OH is 2. The van der Waals surface area contributed by atoms with E-state index in [0.717, 1.165) is 6.07 Å². The number of halogens is 3. The number of alkyl halides is 3. The summed E-state index contributed by atoms with van der Waals surface area (Å²) in [7, 11) is 0. The molecule has 8 heteroatoms. The minimum Gasteiger partial charge on any atom is -0.464 e. The quantitative estimate of drug-likeness (QED) is 0.636. The third-order valence-corrected chi connectivity index (χ3v) is 2.61. The number of hydrogen-bond acceptors (Lipinski definition) is 5. The Balaban J connectivity index is 3.17. The molecule has 0 aliphatic heterocycles. The highest BCUT2D eigenvalue weighted by molar-refractivity contribution is 5.77. The smallest absolute Gasteiger partial charge is 0.416 e. The van der Waals surface area contributed by atoms with E-state index in [1.807, 2.05) is 0 Å². The summed E-state index contributed by atoms with van der Waals surface area (Å²) < 4.78 is 42.5. The van der Waals surface area contributed by atoms with Crippen molar-refractivity contribution in [3.63, 3.8) is 0 Å². The van der Waals surface area contributed by atoms with Crippen LogP contribution in [0.4, 0.5) is 13.2 Å². The molecule has 0 aromatic heterocycles. The largest absolute Gasteiger partial charge is 0.464 e.